The molecule has 0 radical (unpaired) electrons. The number of anilines is 1. The molecule has 0 aliphatic heterocycles. The quantitative estimate of drug-likeness (QED) is 0.127. The van der Waals surface area contributed by atoms with Gasteiger partial charge in [0.25, 0.3) is 5.56 Å². The SMILES string of the molecule is Nc1c(C(=O)c2ccc(F)cc2F)ccc(=O)n1-c1c(F)cc(OCCCC(N)C(=O)OC(=O)C(F)(F)F)cc1F. The Bertz CT molecular complexity index is 1550. The summed E-state index contributed by atoms with van der Waals surface area (Å²) in [6.07, 6.45) is -5.85. The fourth-order valence-corrected chi connectivity index (χ4v) is 3.47. The number of benzene rings is 2. The van der Waals surface area contributed by atoms with Crippen molar-refractivity contribution in [2.75, 3.05) is 12.3 Å². The minimum Gasteiger partial charge on any atom is -0.493 e. The molecule has 0 spiro atoms. The second-order valence-corrected chi connectivity index (χ2v) is 8.30. The van der Waals surface area contributed by atoms with Crippen LogP contribution in [0, 0.1) is 23.3 Å². The normalized spacial score (nSPS) is 12.1. The number of nitrogens with zero attached hydrogens (tertiary/aromatic N) is 1. The van der Waals surface area contributed by atoms with Crippen LogP contribution in [0.5, 0.6) is 5.75 Å². The standard InChI is InChI=1S/C25H18F7N3O6/c26-11-3-4-13(15(27)8-11)21(37)14-5-6-19(36)35(22(14)34)20-16(28)9-12(10-17(20)29)40-7-1-2-18(33)23(38)41-24(39)25(30,31)32/h3-6,8-10,18H,1-2,7,33-34H2. The highest BCUT2D eigenvalue weighted by Crippen LogP contribution is 2.27. The first kappa shape index (κ1) is 30.8. The van der Waals surface area contributed by atoms with E-state index in [9.17, 15) is 49.9 Å². The molecule has 0 saturated heterocycles. The first-order chi connectivity index (χ1) is 19.1. The number of hydrogen-bond acceptors (Lipinski definition) is 8. The number of hydrogen-bond donors (Lipinski definition) is 2. The molecule has 9 nitrogen and oxygen atoms in total. The molecule has 0 aliphatic rings. The zero-order valence-electron chi connectivity index (χ0n) is 20.4. The van der Waals surface area contributed by atoms with Gasteiger partial charge in [0.1, 0.15) is 34.9 Å². The summed E-state index contributed by atoms with van der Waals surface area (Å²) in [7, 11) is 0. The highest BCUT2D eigenvalue weighted by atomic mass is 19.4. The number of carbonyl (C=O) groups excluding carboxylic acids is 3. The van der Waals surface area contributed by atoms with Crippen molar-refractivity contribution >= 4 is 23.5 Å². The third kappa shape index (κ3) is 7.08. The Morgan fingerprint density at radius 1 is 0.902 bits per heavy atom. The van der Waals surface area contributed by atoms with E-state index in [1.807, 2.05) is 0 Å². The summed E-state index contributed by atoms with van der Waals surface area (Å²) in [5, 5.41) is 0. The summed E-state index contributed by atoms with van der Waals surface area (Å²) < 4.78 is 103. The predicted octanol–water partition coefficient (Wildman–Crippen LogP) is 3.33. The van der Waals surface area contributed by atoms with Gasteiger partial charge in [-0.2, -0.15) is 13.2 Å². The van der Waals surface area contributed by atoms with E-state index in [-0.39, 0.29) is 19.4 Å². The summed E-state index contributed by atoms with van der Waals surface area (Å²) in [6.45, 7) is -0.346. The minimum absolute atomic E-state index is 0.127. The Labute approximate surface area is 225 Å². The molecular formula is C25H18F7N3O6. The van der Waals surface area contributed by atoms with Crippen LogP contribution in [0.2, 0.25) is 0 Å². The van der Waals surface area contributed by atoms with Gasteiger partial charge in [-0.15, -0.1) is 0 Å². The van der Waals surface area contributed by atoms with Gasteiger partial charge in [0, 0.05) is 24.3 Å². The first-order valence-electron chi connectivity index (χ1n) is 11.3. The molecule has 0 saturated carbocycles. The van der Waals surface area contributed by atoms with Crippen LogP contribution in [0.3, 0.4) is 0 Å². The molecule has 0 fully saturated rings. The van der Waals surface area contributed by atoms with E-state index in [0.29, 0.717) is 22.8 Å². The summed E-state index contributed by atoms with van der Waals surface area (Å²) in [5.74, 6) is -11.6. The van der Waals surface area contributed by atoms with Crippen LogP contribution >= 0.6 is 0 Å². The van der Waals surface area contributed by atoms with Crippen molar-refractivity contribution < 1.29 is 54.6 Å². The van der Waals surface area contributed by atoms with Gasteiger partial charge in [-0.25, -0.2) is 27.2 Å². The smallest absolute Gasteiger partial charge is 0.491 e. The molecular weight excluding hydrogens is 571 g/mol. The third-order valence-corrected chi connectivity index (χ3v) is 5.42. The molecule has 0 aliphatic carbocycles. The van der Waals surface area contributed by atoms with E-state index in [1.165, 1.54) is 0 Å². The molecule has 1 heterocycles. The minimum atomic E-state index is -5.40. The van der Waals surface area contributed by atoms with Crippen molar-refractivity contribution in [1.29, 1.82) is 0 Å². The van der Waals surface area contributed by atoms with Crippen molar-refractivity contribution in [2.24, 2.45) is 5.73 Å². The largest absolute Gasteiger partial charge is 0.493 e. The Morgan fingerprint density at radius 2 is 1.51 bits per heavy atom. The number of nitrogen functional groups attached to an aromatic ring is 1. The third-order valence-electron chi connectivity index (χ3n) is 5.42. The maximum absolute atomic E-state index is 15.0. The van der Waals surface area contributed by atoms with E-state index in [0.717, 1.165) is 24.3 Å². The lowest BCUT2D eigenvalue weighted by Gasteiger charge is -2.16. The number of carbonyl (C=O) groups is 3. The van der Waals surface area contributed by atoms with Gasteiger partial charge in [0.05, 0.1) is 17.7 Å². The highest BCUT2D eigenvalue weighted by Gasteiger charge is 2.43. The molecule has 4 N–H and O–H groups in total. The highest BCUT2D eigenvalue weighted by molar-refractivity contribution is 6.11. The zero-order valence-corrected chi connectivity index (χ0v) is 20.4. The van der Waals surface area contributed by atoms with Crippen LogP contribution < -0.4 is 21.8 Å². The molecule has 218 valence electrons. The number of aromatic nitrogens is 1. The fraction of sp³-hybridized carbons (Fsp3) is 0.200. The van der Waals surface area contributed by atoms with Crippen molar-refractivity contribution in [2.45, 2.75) is 25.1 Å². The Hall–Kier alpha value is -4.73. The van der Waals surface area contributed by atoms with Crippen LogP contribution in [0.1, 0.15) is 28.8 Å². The topological polar surface area (TPSA) is 144 Å². The number of nitrogens with two attached hydrogens (primary N) is 2. The summed E-state index contributed by atoms with van der Waals surface area (Å²) in [5.41, 5.74) is 8.03. The second kappa shape index (κ2) is 12.2. The molecule has 3 rings (SSSR count). The lowest BCUT2D eigenvalue weighted by Crippen LogP contribution is -2.37. The van der Waals surface area contributed by atoms with Gasteiger partial charge in [-0.3, -0.25) is 14.2 Å². The molecule has 0 amide bonds. The molecule has 0 bridgehead atoms. The first-order valence-corrected chi connectivity index (χ1v) is 11.3. The number of halogens is 7. The average Bonchev–Trinajstić information content (AvgIpc) is 2.87. The molecule has 16 heteroatoms. The molecule has 1 atom stereocenters. The number of alkyl halides is 3. The number of esters is 2. The van der Waals surface area contributed by atoms with Crippen LogP contribution in [0.15, 0.2) is 47.3 Å². The maximum atomic E-state index is 15.0. The van der Waals surface area contributed by atoms with E-state index in [1.54, 1.807) is 0 Å². The second-order valence-electron chi connectivity index (χ2n) is 8.30. The van der Waals surface area contributed by atoms with Gasteiger partial charge < -0.3 is 20.9 Å². The molecule has 2 aromatic carbocycles. The monoisotopic (exact) mass is 589 g/mol. The Kier molecular flexibility index (Phi) is 9.17. The van der Waals surface area contributed by atoms with E-state index < -0.39 is 87.1 Å². The van der Waals surface area contributed by atoms with Crippen LogP contribution in [0.25, 0.3) is 5.69 Å². The van der Waals surface area contributed by atoms with Gasteiger partial charge in [0.15, 0.2) is 17.4 Å². The predicted molar refractivity (Wildman–Crippen MR) is 126 cm³/mol. The van der Waals surface area contributed by atoms with Crippen molar-refractivity contribution in [3.05, 3.63) is 87.2 Å². The van der Waals surface area contributed by atoms with Crippen LogP contribution in [0.4, 0.5) is 36.6 Å². The summed E-state index contributed by atoms with van der Waals surface area (Å²) in [6, 6.07) is 3.39. The van der Waals surface area contributed by atoms with Gasteiger partial charge in [0.2, 0.25) is 0 Å². The zero-order chi connectivity index (χ0) is 30.6. The van der Waals surface area contributed by atoms with E-state index in [4.69, 9.17) is 16.2 Å². The fourth-order valence-electron chi connectivity index (χ4n) is 3.47. The average molecular weight is 589 g/mol. The Morgan fingerprint density at radius 3 is 2.10 bits per heavy atom. The number of rotatable bonds is 9. The van der Waals surface area contributed by atoms with Gasteiger partial charge >= 0.3 is 18.1 Å². The number of pyridine rings is 1. The van der Waals surface area contributed by atoms with Gasteiger partial charge in [-0.05, 0) is 31.0 Å². The van der Waals surface area contributed by atoms with Crippen LogP contribution in [-0.2, 0) is 14.3 Å². The van der Waals surface area contributed by atoms with Crippen molar-refractivity contribution in [3.63, 3.8) is 0 Å². The molecule has 1 unspecified atom stereocenters. The number of ether oxygens (including phenoxy) is 2. The maximum Gasteiger partial charge on any atom is 0.491 e. The number of ketones is 1. The van der Waals surface area contributed by atoms with Crippen LogP contribution in [-0.4, -0.2) is 41.1 Å². The Balaban J connectivity index is 1.75. The molecule has 3 aromatic rings. The van der Waals surface area contributed by atoms with E-state index in [2.05, 4.69) is 4.74 Å². The lowest BCUT2D eigenvalue weighted by atomic mass is 10.0. The van der Waals surface area contributed by atoms with Crippen molar-refractivity contribution in [3.8, 4) is 11.4 Å². The lowest BCUT2D eigenvalue weighted by molar-refractivity contribution is -0.202. The molecule has 41 heavy (non-hydrogen) atoms. The van der Waals surface area contributed by atoms with Gasteiger partial charge in [-0.1, -0.05) is 0 Å². The molecule has 1 aromatic heterocycles. The van der Waals surface area contributed by atoms with Crippen molar-refractivity contribution in [1.82, 2.24) is 4.57 Å². The summed E-state index contributed by atoms with van der Waals surface area (Å²) in [4.78, 5) is 47.4. The summed E-state index contributed by atoms with van der Waals surface area (Å²) >= 11 is 0. The van der Waals surface area contributed by atoms with E-state index >= 15 is 0 Å².